The highest BCUT2D eigenvalue weighted by Gasteiger charge is 2.42. The van der Waals surface area contributed by atoms with E-state index in [0.29, 0.717) is 5.92 Å². The molecule has 1 aliphatic carbocycles. The van der Waals surface area contributed by atoms with E-state index in [9.17, 15) is 4.79 Å². The van der Waals surface area contributed by atoms with Crippen LogP contribution in [0, 0.1) is 5.92 Å². The standard InChI is InChI=1S/C16H22O/c1-2-3-12-16(13-17,15-10-7-11-15)14-8-5-4-6-9-14/h4-6,8-9,13,15H,2-3,7,10-12H2,1H3. The first-order valence-electron chi connectivity index (χ1n) is 6.85. The first-order chi connectivity index (χ1) is 8.33. The van der Waals surface area contributed by atoms with Crippen LogP contribution in [0.3, 0.4) is 0 Å². The molecule has 0 radical (unpaired) electrons. The Labute approximate surface area is 104 Å². The van der Waals surface area contributed by atoms with Gasteiger partial charge in [-0.15, -0.1) is 0 Å². The Morgan fingerprint density at radius 1 is 1.29 bits per heavy atom. The number of hydrogen-bond acceptors (Lipinski definition) is 1. The number of carbonyl (C=O) groups is 1. The average Bonchev–Trinajstić information content (AvgIpc) is 2.33. The van der Waals surface area contributed by atoms with E-state index in [0.717, 1.165) is 19.3 Å². The SMILES string of the molecule is CCCCC(C=O)(c1ccccc1)C1CCC1. The Morgan fingerprint density at radius 2 is 2.00 bits per heavy atom. The second-order valence-corrected chi connectivity index (χ2v) is 5.26. The molecule has 0 amide bonds. The van der Waals surface area contributed by atoms with E-state index >= 15 is 0 Å². The van der Waals surface area contributed by atoms with Crippen molar-refractivity contribution in [3.8, 4) is 0 Å². The zero-order chi connectivity index (χ0) is 12.1. The summed E-state index contributed by atoms with van der Waals surface area (Å²) in [6, 6.07) is 10.4. The fourth-order valence-electron chi connectivity index (χ4n) is 2.95. The van der Waals surface area contributed by atoms with Gasteiger partial charge in [0.2, 0.25) is 0 Å². The van der Waals surface area contributed by atoms with Crippen LogP contribution >= 0.6 is 0 Å². The van der Waals surface area contributed by atoms with Gasteiger partial charge in [-0.05, 0) is 30.7 Å². The zero-order valence-electron chi connectivity index (χ0n) is 10.7. The number of rotatable bonds is 6. The third-order valence-electron chi connectivity index (χ3n) is 4.30. The lowest BCUT2D eigenvalue weighted by Gasteiger charge is -2.42. The topological polar surface area (TPSA) is 17.1 Å². The molecule has 1 unspecified atom stereocenters. The van der Waals surface area contributed by atoms with Crippen LogP contribution < -0.4 is 0 Å². The van der Waals surface area contributed by atoms with Crippen molar-refractivity contribution in [2.24, 2.45) is 5.92 Å². The molecule has 2 rings (SSSR count). The molecule has 0 heterocycles. The number of hydrogen-bond donors (Lipinski definition) is 0. The predicted octanol–water partition coefficient (Wildman–Crippen LogP) is 4.11. The second-order valence-electron chi connectivity index (χ2n) is 5.26. The summed E-state index contributed by atoms with van der Waals surface area (Å²) >= 11 is 0. The van der Waals surface area contributed by atoms with Gasteiger partial charge < -0.3 is 4.79 Å². The third-order valence-corrected chi connectivity index (χ3v) is 4.30. The molecule has 0 aromatic heterocycles. The van der Waals surface area contributed by atoms with E-state index in [1.54, 1.807) is 0 Å². The highest BCUT2D eigenvalue weighted by molar-refractivity contribution is 5.69. The molecule has 1 heteroatoms. The molecule has 1 saturated carbocycles. The molecule has 0 aliphatic heterocycles. The molecule has 1 atom stereocenters. The van der Waals surface area contributed by atoms with E-state index in [1.807, 2.05) is 6.07 Å². The maximum absolute atomic E-state index is 11.8. The average molecular weight is 230 g/mol. The van der Waals surface area contributed by atoms with Crippen molar-refractivity contribution in [1.29, 1.82) is 0 Å². The minimum atomic E-state index is -0.199. The first kappa shape index (κ1) is 12.3. The van der Waals surface area contributed by atoms with Crippen molar-refractivity contribution in [3.05, 3.63) is 35.9 Å². The highest BCUT2D eigenvalue weighted by atomic mass is 16.1. The summed E-state index contributed by atoms with van der Waals surface area (Å²) < 4.78 is 0. The molecular weight excluding hydrogens is 208 g/mol. The number of unbranched alkanes of at least 4 members (excludes halogenated alkanes) is 1. The number of carbonyl (C=O) groups excluding carboxylic acids is 1. The summed E-state index contributed by atoms with van der Waals surface area (Å²) in [5.74, 6) is 0.578. The van der Waals surface area contributed by atoms with E-state index in [2.05, 4.69) is 31.2 Å². The van der Waals surface area contributed by atoms with E-state index in [-0.39, 0.29) is 5.41 Å². The summed E-state index contributed by atoms with van der Waals surface area (Å²) in [4.78, 5) is 11.8. The van der Waals surface area contributed by atoms with Crippen LogP contribution in [0.1, 0.15) is 51.0 Å². The minimum absolute atomic E-state index is 0.199. The molecule has 92 valence electrons. The van der Waals surface area contributed by atoms with Gasteiger partial charge in [-0.2, -0.15) is 0 Å². The summed E-state index contributed by atoms with van der Waals surface area (Å²) in [7, 11) is 0. The lowest BCUT2D eigenvalue weighted by Crippen LogP contribution is -2.40. The Kier molecular flexibility index (Phi) is 3.98. The molecule has 0 bridgehead atoms. The van der Waals surface area contributed by atoms with Crippen LogP contribution in [0.5, 0.6) is 0 Å². The molecule has 17 heavy (non-hydrogen) atoms. The van der Waals surface area contributed by atoms with E-state index in [1.165, 1.54) is 31.1 Å². The molecule has 1 aromatic rings. The monoisotopic (exact) mass is 230 g/mol. The predicted molar refractivity (Wildman–Crippen MR) is 71.1 cm³/mol. The van der Waals surface area contributed by atoms with Crippen molar-refractivity contribution in [1.82, 2.24) is 0 Å². The number of benzene rings is 1. The fraction of sp³-hybridized carbons (Fsp3) is 0.562. The zero-order valence-corrected chi connectivity index (χ0v) is 10.7. The van der Waals surface area contributed by atoms with Crippen molar-refractivity contribution in [3.63, 3.8) is 0 Å². The molecule has 1 aliphatic rings. The van der Waals surface area contributed by atoms with Crippen molar-refractivity contribution < 1.29 is 4.79 Å². The summed E-state index contributed by atoms with van der Waals surface area (Å²) in [6.45, 7) is 2.20. The molecule has 0 saturated heterocycles. The Hall–Kier alpha value is -1.11. The van der Waals surface area contributed by atoms with Gasteiger partial charge in [0, 0.05) is 0 Å². The second kappa shape index (κ2) is 5.48. The van der Waals surface area contributed by atoms with Gasteiger partial charge in [0.15, 0.2) is 0 Å². The Balaban J connectivity index is 2.30. The van der Waals surface area contributed by atoms with Crippen LogP contribution in [0.25, 0.3) is 0 Å². The Bertz CT molecular complexity index is 353. The maximum atomic E-state index is 11.8. The van der Waals surface area contributed by atoms with E-state index in [4.69, 9.17) is 0 Å². The van der Waals surface area contributed by atoms with Gasteiger partial charge in [0.25, 0.3) is 0 Å². The van der Waals surface area contributed by atoms with Crippen molar-refractivity contribution in [2.45, 2.75) is 50.9 Å². The summed E-state index contributed by atoms with van der Waals surface area (Å²) in [5, 5.41) is 0. The molecule has 0 N–H and O–H groups in total. The fourth-order valence-corrected chi connectivity index (χ4v) is 2.95. The summed E-state index contributed by atoms with van der Waals surface area (Å²) in [5.41, 5.74) is 1.03. The number of aldehydes is 1. The molecule has 0 spiro atoms. The van der Waals surface area contributed by atoms with Gasteiger partial charge in [0.1, 0.15) is 6.29 Å². The summed E-state index contributed by atoms with van der Waals surface area (Å²) in [6.07, 6.45) is 8.29. The quantitative estimate of drug-likeness (QED) is 0.672. The smallest absolute Gasteiger partial charge is 0.130 e. The van der Waals surface area contributed by atoms with Crippen LogP contribution in [0.4, 0.5) is 0 Å². The molecule has 1 nitrogen and oxygen atoms in total. The van der Waals surface area contributed by atoms with Gasteiger partial charge in [-0.1, -0.05) is 56.5 Å². The highest BCUT2D eigenvalue weighted by Crippen LogP contribution is 2.45. The van der Waals surface area contributed by atoms with Crippen molar-refractivity contribution in [2.75, 3.05) is 0 Å². The minimum Gasteiger partial charge on any atom is -0.302 e. The van der Waals surface area contributed by atoms with Gasteiger partial charge >= 0.3 is 0 Å². The van der Waals surface area contributed by atoms with Crippen LogP contribution in [-0.4, -0.2) is 6.29 Å². The van der Waals surface area contributed by atoms with Crippen LogP contribution in [0.2, 0.25) is 0 Å². The molecular formula is C16H22O. The largest absolute Gasteiger partial charge is 0.302 e. The van der Waals surface area contributed by atoms with Crippen LogP contribution in [-0.2, 0) is 10.2 Å². The normalized spacial score (nSPS) is 19.4. The van der Waals surface area contributed by atoms with Crippen molar-refractivity contribution >= 4 is 6.29 Å². The van der Waals surface area contributed by atoms with Crippen LogP contribution in [0.15, 0.2) is 30.3 Å². The first-order valence-corrected chi connectivity index (χ1v) is 6.85. The van der Waals surface area contributed by atoms with E-state index < -0.39 is 0 Å². The third kappa shape index (κ3) is 2.29. The van der Waals surface area contributed by atoms with Gasteiger partial charge in [-0.3, -0.25) is 0 Å². The maximum Gasteiger partial charge on any atom is 0.130 e. The molecule has 1 aromatic carbocycles. The van der Waals surface area contributed by atoms with Gasteiger partial charge in [-0.25, -0.2) is 0 Å². The van der Waals surface area contributed by atoms with Gasteiger partial charge in [0.05, 0.1) is 5.41 Å². The lowest BCUT2D eigenvalue weighted by atomic mass is 9.60. The lowest BCUT2D eigenvalue weighted by molar-refractivity contribution is -0.116. The molecule has 1 fully saturated rings. The Morgan fingerprint density at radius 3 is 2.47 bits per heavy atom.